The van der Waals surface area contributed by atoms with Crippen LogP contribution in [-0.2, 0) is 14.3 Å². The minimum atomic E-state index is -0.480. The van der Waals surface area contributed by atoms with Gasteiger partial charge in [0.25, 0.3) is 5.91 Å². The lowest BCUT2D eigenvalue weighted by atomic mass is 10.1. The maximum absolute atomic E-state index is 12.4. The first kappa shape index (κ1) is 16.3. The summed E-state index contributed by atoms with van der Waals surface area (Å²) in [5.74, 6) is 0.501. The molecule has 1 aromatic carbocycles. The lowest BCUT2D eigenvalue weighted by Gasteiger charge is -2.33. The minimum Gasteiger partial charge on any atom is -0.478 e. The third-order valence-corrected chi connectivity index (χ3v) is 3.53. The van der Waals surface area contributed by atoms with Crippen molar-refractivity contribution in [3.63, 3.8) is 0 Å². The molecule has 22 heavy (non-hydrogen) atoms. The van der Waals surface area contributed by atoms with Crippen LogP contribution in [0.4, 0.5) is 5.69 Å². The van der Waals surface area contributed by atoms with Crippen LogP contribution in [0.1, 0.15) is 19.8 Å². The van der Waals surface area contributed by atoms with Crippen molar-refractivity contribution >= 4 is 17.5 Å². The summed E-state index contributed by atoms with van der Waals surface area (Å²) in [5, 5.41) is 2.75. The van der Waals surface area contributed by atoms with E-state index in [9.17, 15) is 9.59 Å². The second-order valence-corrected chi connectivity index (χ2v) is 5.07. The Morgan fingerprint density at radius 2 is 2.18 bits per heavy atom. The van der Waals surface area contributed by atoms with Crippen molar-refractivity contribution < 1.29 is 19.1 Å². The smallest absolute Gasteiger partial charge is 0.268 e. The molecule has 120 valence electrons. The van der Waals surface area contributed by atoms with Crippen molar-refractivity contribution in [3.8, 4) is 5.75 Å². The minimum absolute atomic E-state index is 0.0918. The molecule has 1 heterocycles. The van der Waals surface area contributed by atoms with E-state index >= 15 is 0 Å². The molecule has 0 spiro atoms. The molecule has 6 nitrogen and oxygen atoms in total. The van der Waals surface area contributed by atoms with Crippen LogP contribution in [0.25, 0.3) is 0 Å². The van der Waals surface area contributed by atoms with Gasteiger partial charge in [-0.05, 0) is 18.6 Å². The van der Waals surface area contributed by atoms with Gasteiger partial charge in [-0.15, -0.1) is 0 Å². The number of anilines is 1. The second-order valence-electron chi connectivity index (χ2n) is 5.07. The van der Waals surface area contributed by atoms with Gasteiger partial charge in [-0.3, -0.25) is 9.59 Å². The van der Waals surface area contributed by atoms with Crippen molar-refractivity contribution in [2.75, 3.05) is 31.7 Å². The fraction of sp³-hybridized carbons (Fsp3) is 0.500. The maximum Gasteiger partial charge on any atom is 0.268 e. The van der Waals surface area contributed by atoms with Gasteiger partial charge in [-0.1, -0.05) is 19.1 Å². The zero-order valence-electron chi connectivity index (χ0n) is 13.0. The zero-order valence-corrected chi connectivity index (χ0v) is 13.0. The highest BCUT2D eigenvalue weighted by atomic mass is 16.5. The number of hydrogen-bond donors (Lipinski definition) is 1. The summed E-state index contributed by atoms with van der Waals surface area (Å²) in [5.41, 5.74) is 0.724. The number of carbonyl (C=O) groups excluding carboxylic acids is 2. The molecule has 2 amide bonds. The molecular formula is C16H22N2O4. The number of amides is 2. The summed E-state index contributed by atoms with van der Waals surface area (Å²) in [6, 6.07) is 7.41. The monoisotopic (exact) mass is 306 g/mol. The summed E-state index contributed by atoms with van der Waals surface area (Å²) < 4.78 is 10.6. The van der Waals surface area contributed by atoms with E-state index in [1.165, 1.54) is 0 Å². The second kappa shape index (κ2) is 7.79. The average Bonchev–Trinajstić information content (AvgIpc) is 2.53. The Labute approximate surface area is 130 Å². The number of hydrogen-bond acceptors (Lipinski definition) is 4. The molecule has 0 bridgehead atoms. The largest absolute Gasteiger partial charge is 0.478 e. The summed E-state index contributed by atoms with van der Waals surface area (Å²) in [7, 11) is 1.58. The first-order valence-electron chi connectivity index (χ1n) is 7.50. The van der Waals surface area contributed by atoms with Crippen molar-refractivity contribution in [1.29, 1.82) is 0 Å². The Kier molecular flexibility index (Phi) is 5.77. The first-order chi connectivity index (χ1) is 10.7. The van der Waals surface area contributed by atoms with Crippen LogP contribution in [0, 0.1) is 0 Å². The Bertz CT molecular complexity index is 533. The molecule has 1 aliphatic heterocycles. The Morgan fingerprint density at radius 1 is 1.41 bits per heavy atom. The summed E-state index contributed by atoms with van der Waals surface area (Å²) in [6.45, 7) is 3.20. The van der Waals surface area contributed by atoms with Gasteiger partial charge in [0.15, 0.2) is 6.10 Å². The number of benzene rings is 1. The Morgan fingerprint density at radius 3 is 2.91 bits per heavy atom. The van der Waals surface area contributed by atoms with Gasteiger partial charge >= 0.3 is 0 Å². The Balaban J connectivity index is 2.02. The van der Waals surface area contributed by atoms with Gasteiger partial charge in [0.2, 0.25) is 5.91 Å². The fourth-order valence-electron chi connectivity index (χ4n) is 2.36. The lowest BCUT2D eigenvalue weighted by Crippen LogP contribution is -2.47. The number of ether oxygens (including phenoxy) is 2. The van der Waals surface area contributed by atoms with Crippen LogP contribution < -0.4 is 15.0 Å². The van der Waals surface area contributed by atoms with Crippen LogP contribution >= 0.6 is 0 Å². The number of nitrogens with zero attached hydrogens (tertiary/aromatic N) is 1. The van der Waals surface area contributed by atoms with E-state index in [2.05, 4.69) is 5.32 Å². The number of carbonyl (C=O) groups is 2. The number of fused-ring (bicyclic) bond motifs is 1. The van der Waals surface area contributed by atoms with Crippen LogP contribution in [0.3, 0.4) is 0 Å². The van der Waals surface area contributed by atoms with Gasteiger partial charge in [-0.2, -0.15) is 0 Å². The van der Waals surface area contributed by atoms with Gasteiger partial charge in [-0.25, -0.2) is 0 Å². The average molecular weight is 306 g/mol. The molecule has 0 fully saturated rings. The molecular weight excluding hydrogens is 284 g/mol. The highest BCUT2D eigenvalue weighted by molar-refractivity contribution is 6.00. The third-order valence-electron chi connectivity index (χ3n) is 3.53. The van der Waals surface area contributed by atoms with Gasteiger partial charge in [0, 0.05) is 26.6 Å². The number of nitrogens with one attached hydrogen (secondary N) is 1. The highest BCUT2D eigenvalue weighted by Crippen LogP contribution is 2.34. The molecule has 0 saturated heterocycles. The molecule has 0 radical (unpaired) electrons. The van der Waals surface area contributed by atoms with Gasteiger partial charge < -0.3 is 19.7 Å². The van der Waals surface area contributed by atoms with Crippen molar-refractivity contribution in [1.82, 2.24) is 5.32 Å². The van der Waals surface area contributed by atoms with Crippen LogP contribution in [-0.4, -0.2) is 44.7 Å². The molecule has 0 aliphatic carbocycles. The molecule has 2 rings (SSSR count). The predicted molar refractivity (Wildman–Crippen MR) is 83.0 cm³/mol. The molecule has 6 heteroatoms. The number of para-hydroxylation sites is 2. The molecule has 1 aliphatic rings. The number of methoxy groups -OCH3 is 1. The number of rotatable bonds is 7. The summed E-state index contributed by atoms with van der Waals surface area (Å²) in [4.78, 5) is 25.9. The van der Waals surface area contributed by atoms with E-state index < -0.39 is 6.10 Å². The van der Waals surface area contributed by atoms with Gasteiger partial charge in [0.1, 0.15) is 5.75 Å². The van der Waals surface area contributed by atoms with E-state index in [4.69, 9.17) is 9.47 Å². The summed E-state index contributed by atoms with van der Waals surface area (Å²) >= 11 is 0. The van der Waals surface area contributed by atoms with Crippen LogP contribution in [0.15, 0.2) is 24.3 Å². The topological polar surface area (TPSA) is 67.9 Å². The van der Waals surface area contributed by atoms with E-state index in [-0.39, 0.29) is 18.2 Å². The normalized spacial score (nSPS) is 16.9. The van der Waals surface area contributed by atoms with Crippen LogP contribution in [0.5, 0.6) is 5.75 Å². The maximum atomic E-state index is 12.4. The van der Waals surface area contributed by atoms with E-state index in [1.54, 1.807) is 12.0 Å². The Hall–Kier alpha value is -2.08. The lowest BCUT2D eigenvalue weighted by molar-refractivity contribution is -0.126. The standard InChI is InChI=1S/C16H22N2O4/c1-3-13-16(20)18(10-8-15(19)17-9-11-21-2)12-6-4-5-7-14(12)22-13/h4-7,13H,3,8-11H2,1-2H3,(H,17,19). The fourth-order valence-corrected chi connectivity index (χ4v) is 2.36. The molecule has 1 unspecified atom stereocenters. The zero-order chi connectivity index (χ0) is 15.9. The van der Waals surface area contributed by atoms with E-state index in [0.29, 0.717) is 31.9 Å². The molecule has 0 saturated carbocycles. The first-order valence-corrected chi connectivity index (χ1v) is 7.50. The van der Waals surface area contributed by atoms with E-state index in [1.807, 2.05) is 31.2 Å². The SMILES string of the molecule is CCC1Oc2ccccc2N(CCC(=O)NCCOC)C1=O. The third kappa shape index (κ3) is 3.76. The summed E-state index contributed by atoms with van der Waals surface area (Å²) in [6.07, 6.45) is 0.371. The molecule has 1 aromatic rings. The van der Waals surface area contributed by atoms with Crippen molar-refractivity contribution in [2.24, 2.45) is 0 Å². The molecule has 1 atom stereocenters. The molecule has 0 aromatic heterocycles. The molecule has 1 N–H and O–H groups in total. The quantitative estimate of drug-likeness (QED) is 0.772. The van der Waals surface area contributed by atoms with Crippen LogP contribution in [0.2, 0.25) is 0 Å². The van der Waals surface area contributed by atoms with Crippen molar-refractivity contribution in [2.45, 2.75) is 25.9 Å². The predicted octanol–water partition coefficient (Wildman–Crippen LogP) is 1.34. The van der Waals surface area contributed by atoms with Crippen molar-refractivity contribution in [3.05, 3.63) is 24.3 Å². The highest BCUT2D eigenvalue weighted by Gasteiger charge is 2.32. The van der Waals surface area contributed by atoms with E-state index in [0.717, 1.165) is 5.69 Å². The van der Waals surface area contributed by atoms with Gasteiger partial charge in [0.05, 0.1) is 12.3 Å².